The van der Waals surface area contributed by atoms with Crippen molar-refractivity contribution in [2.24, 2.45) is 10.9 Å². The third-order valence-corrected chi connectivity index (χ3v) is 3.83. The van der Waals surface area contributed by atoms with E-state index in [0.717, 1.165) is 37.7 Å². The van der Waals surface area contributed by atoms with Gasteiger partial charge < -0.3 is 24.8 Å². The zero-order valence-electron chi connectivity index (χ0n) is 15.2. The second-order valence-electron chi connectivity index (χ2n) is 6.28. The predicted molar refractivity (Wildman–Crippen MR) is 101 cm³/mol. The first-order valence-corrected chi connectivity index (χ1v) is 9.08. The Hall–Kier alpha value is -1.66. The van der Waals surface area contributed by atoms with E-state index in [4.69, 9.17) is 25.8 Å². The van der Waals surface area contributed by atoms with Gasteiger partial charge in [-0.05, 0) is 30.0 Å². The first-order chi connectivity index (χ1) is 12.1. The molecule has 1 aliphatic rings. The number of nitrogens with zero attached hydrogens (tertiary/aromatic N) is 1. The Morgan fingerprint density at radius 1 is 1.28 bits per heavy atom. The number of ether oxygens (including phenoxy) is 3. The summed E-state index contributed by atoms with van der Waals surface area (Å²) in [5, 5.41) is 7.12. The van der Waals surface area contributed by atoms with Gasteiger partial charge in [0, 0.05) is 33.4 Å². The van der Waals surface area contributed by atoms with Crippen molar-refractivity contribution < 1.29 is 14.2 Å². The number of rotatable bonds is 8. The largest absolute Gasteiger partial charge is 0.486 e. The Morgan fingerprint density at radius 3 is 2.84 bits per heavy atom. The topological polar surface area (TPSA) is 64.1 Å². The number of nitrogens with one attached hydrogen (secondary N) is 2. The number of hydrogen-bond donors (Lipinski definition) is 2. The molecule has 2 rings (SSSR count). The summed E-state index contributed by atoms with van der Waals surface area (Å²) in [7, 11) is 1.75. The lowest BCUT2D eigenvalue weighted by Gasteiger charge is -2.20. The zero-order chi connectivity index (χ0) is 18.1. The zero-order valence-corrected chi connectivity index (χ0v) is 16.0. The van der Waals surface area contributed by atoms with Crippen molar-refractivity contribution in [1.82, 2.24) is 10.6 Å². The number of aliphatic imine (C=N–C) groups is 1. The molecule has 1 aromatic rings. The van der Waals surface area contributed by atoms with Crippen LogP contribution in [0.3, 0.4) is 0 Å². The molecule has 0 aromatic heterocycles. The van der Waals surface area contributed by atoms with Gasteiger partial charge in [-0.15, -0.1) is 0 Å². The van der Waals surface area contributed by atoms with E-state index < -0.39 is 0 Å². The number of fused-ring (bicyclic) bond motifs is 1. The van der Waals surface area contributed by atoms with Gasteiger partial charge in [0.25, 0.3) is 0 Å². The van der Waals surface area contributed by atoms with Crippen LogP contribution < -0.4 is 20.1 Å². The fourth-order valence-corrected chi connectivity index (χ4v) is 2.66. The molecule has 0 bridgehead atoms. The number of benzene rings is 1. The molecule has 25 heavy (non-hydrogen) atoms. The normalized spacial score (nSPS) is 13.9. The molecule has 0 saturated heterocycles. The molecule has 0 saturated carbocycles. The van der Waals surface area contributed by atoms with Gasteiger partial charge in [0.1, 0.15) is 13.2 Å². The van der Waals surface area contributed by atoms with Crippen molar-refractivity contribution in [3.63, 3.8) is 0 Å². The standard InChI is InChI=1S/C18H28ClN3O3/c1-13(2)12-23-6-4-5-21-18(20-3)22-11-14-9-15(19)17-16(10-14)24-7-8-25-17/h9-10,13H,4-8,11-12H2,1-3H3,(H2,20,21,22). The van der Waals surface area contributed by atoms with Crippen molar-refractivity contribution in [2.75, 3.05) is 40.0 Å². The molecule has 2 N–H and O–H groups in total. The van der Waals surface area contributed by atoms with E-state index in [1.807, 2.05) is 12.1 Å². The summed E-state index contributed by atoms with van der Waals surface area (Å²) in [5.74, 6) is 2.64. The Bertz CT molecular complexity index is 579. The van der Waals surface area contributed by atoms with Gasteiger partial charge in [0.05, 0.1) is 5.02 Å². The van der Waals surface area contributed by atoms with Crippen LogP contribution in [-0.2, 0) is 11.3 Å². The lowest BCUT2D eigenvalue weighted by atomic mass is 10.2. The van der Waals surface area contributed by atoms with Gasteiger partial charge in [-0.3, -0.25) is 4.99 Å². The summed E-state index contributed by atoms with van der Waals surface area (Å²) in [4.78, 5) is 4.22. The van der Waals surface area contributed by atoms with Crippen LogP contribution in [0.15, 0.2) is 17.1 Å². The van der Waals surface area contributed by atoms with Crippen molar-refractivity contribution in [3.05, 3.63) is 22.7 Å². The van der Waals surface area contributed by atoms with E-state index in [9.17, 15) is 0 Å². The maximum atomic E-state index is 6.26. The molecule has 1 aliphatic heterocycles. The second-order valence-corrected chi connectivity index (χ2v) is 6.68. The fraction of sp³-hybridized carbons (Fsp3) is 0.611. The summed E-state index contributed by atoms with van der Waals surface area (Å²) < 4.78 is 16.7. The highest BCUT2D eigenvalue weighted by Gasteiger charge is 2.16. The summed E-state index contributed by atoms with van der Waals surface area (Å²) in [6, 6.07) is 3.83. The minimum Gasteiger partial charge on any atom is -0.486 e. The third kappa shape index (κ3) is 6.63. The maximum absolute atomic E-state index is 6.26. The first kappa shape index (κ1) is 19.7. The number of halogens is 1. The Labute approximate surface area is 154 Å². The molecule has 0 atom stereocenters. The highest BCUT2D eigenvalue weighted by atomic mass is 35.5. The van der Waals surface area contributed by atoms with Crippen molar-refractivity contribution in [1.29, 1.82) is 0 Å². The summed E-state index contributed by atoms with van der Waals surface area (Å²) in [6.45, 7) is 8.32. The van der Waals surface area contributed by atoms with Crippen LogP contribution in [-0.4, -0.2) is 46.0 Å². The van der Waals surface area contributed by atoms with E-state index in [0.29, 0.717) is 42.2 Å². The van der Waals surface area contributed by atoms with Gasteiger partial charge in [0.15, 0.2) is 17.5 Å². The Morgan fingerprint density at radius 2 is 2.08 bits per heavy atom. The highest BCUT2D eigenvalue weighted by Crippen LogP contribution is 2.38. The molecule has 0 spiro atoms. The smallest absolute Gasteiger partial charge is 0.191 e. The fourth-order valence-electron chi connectivity index (χ4n) is 2.37. The SMILES string of the molecule is CN=C(NCCCOCC(C)C)NCc1cc(Cl)c2c(c1)OCCO2. The first-order valence-electron chi connectivity index (χ1n) is 8.70. The molecule has 6 nitrogen and oxygen atoms in total. The van der Waals surface area contributed by atoms with Crippen LogP contribution in [0.1, 0.15) is 25.8 Å². The van der Waals surface area contributed by atoms with Crippen molar-refractivity contribution in [3.8, 4) is 11.5 Å². The van der Waals surface area contributed by atoms with Crippen LogP contribution in [0.4, 0.5) is 0 Å². The molecule has 7 heteroatoms. The monoisotopic (exact) mass is 369 g/mol. The Balaban J connectivity index is 1.74. The van der Waals surface area contributed by atoms with E-state index in [2.05, 4.69) is 29.5 Å². The average molecular weight is 370 g/mol. The molecule has 0 unspecified atom stereocenters. The molecule has 1 heterocycles. The van der Waals surface area contributed by atoms with E-state index >= 15 is 0 Å². The third-order valence-electron chi connectivity index (χ3n) is 3.55. The van der Waals surface area contributed by atoms with E-state index in [1.54, 1.807) is 7.05 Å². The lowest BCUT2D eigenvalue weighted by molar-refractivity contribution is 0.108. The van der Waals surface area contributed by atoms with Gasteiger partial charge in [-0.1, -0.05) is 25.4 Å². The summed E-state index contributed by atoms with van der Waals surface area (Å²) in [6.07, 6.45) is 0.934. The Kier molecular flexibility index (Phi) is 8.15. The van der Waals surface area contributed by atoms with Gasteiger partial charge in [0.2, 0.25) is 0 Å². The average Bonchev–Trinajstić information content (AvgIpc) is 2.60. The molecule has 0 amide bonds. The second kappa shape index (κ2) is 10.4. The van der Waals surface area contributed by atoms with Crippen LogP contribution in [0.5, 0.6) is 11.5 Å². The lowest BCUT2D eigenvalue weighted by Crippen LogP contribution is -2.37. The van der Waals surface area contributed by atoms with Crippen molar-refractivity contribution >= 4 is 17.6 Å². The molecule has 0 radical (unpaired) electrons. The molecule has 140 valence electrons. The quantitative estimate of drug-likeness (QED) is 0.419. The number of hydrogen-bond acceptors (Lipinski definition) is 4. The van der Waals surface area contributed by atoms with Gasteiger partial charge >= 0.3 is 0 Å². The predicted octanol–water partition coefficient (Wildman–Crippen LogP) is 2.84. The highest BCUT2D eigenvalue weighted by molar-refractivity contribution is 6.32. The molecular weight excluding hydrogens is 342 g/mol. The maximum Gasteiger partial charge on any atom is 0.191 e. The van der Waals surface area contributed by atoms with Crippen LogP contribution in [0.2, 0.25) is 5.02 Å². The number of guanidine groups is 1. The van der Waals surface area contributed by atoms with Crippen molar-refractivity contribution in [2.45, 2.75) is 26.8 Å². The van der Waals surface area contributed by atoms with Gasteiger partial charge in [-0.2, -0.15) is 0 Å². The van der Waals surface area contributed by atoms with Crippen LogP contribution in [0.25, 0.3) is 0 Å². The van der Waals surface area contributed by atoms with E-state index in [1.165, 1.54) is 0 Å². The minimum absolute atomic E-state index is 0.530. The van der Waals surface area contributed by atoms with Crippen LogP contribution >= 0.6 is 11.6 Å². The van der Waals surface area contributed by atoms with E-state index in [-0.39, 0.29) is 0 Å². The molecular formula is C18H28ClN3O3. The minimum atomic E-state index is 0.530. The van der Waals surface area contributed by atoms with Crippen LogP contribution in [0, 0.1) is 5.92 Å². The molecule has 1 aromatic carbocycles. The molecule has 0 aliphatic carbocycles. The summed E-state index contributed by atoms with van der Waals surface area (Å²) >= 11 is 6.26. The molecule has 0 fully saturated rings. The van der Waals surface area contributed by atoms with Gasteiger partial charge in [-0.25, -0.2) is 0 Å². The summed E-state index contributed by atoms with van der Waals surface area (Å²) in [5.41, 5.74) is 1.01.